The van der Waals surface area contributed by atoms with Gasteiger partial charge < -0.3 is 15.4 Å². The molecule has 0 bridgehead atoms. The smallest absolute Gasteiger partial charge is 0.406 e. The van der Waals surface area contributed by atoms with Crippen molar-refractivity contribution < 1.29 is 27.5 Å². The van der Waals surface area contributed by atoms with E-state index in [0.717, 1.165) is 12.1 Å². The molecule has 0 saturated carbocycles. The average Bonchev–Trinajstić information content (AvgIpc) is 3.16. The summed E-state index contributed by atoms with van der Waals surface area (Å²) in [7, 11) is 0. The second-order valence-corrected chi connectivity index (χ2v) is 6.97. The third-order valence-corrected chi connectivity index (χ3v) is 4.18. The summed E-state index contributed by atoms with van der Waals surface area (Å²) in [5.41, 5.74) is 0.356. The molecule has 2 heterocycles. The van der Waals surface area contributed by atoms with Gasteiger partial charge in [0.25, 0.3) is 5.91 Å². The van der Waals surface area contributed by atoms with Crippen molar-refractivity contribution in [2.75, 3.05) is 5.32 Å². The summed E-state index contributed by atoms with van der Waals surface area (Å²) >= 11 is 5.82. The fourth-order valence-electron chi connectivity index (χ4n) is 2.74. The number of nitrogens with one attached hydrogen (secondary N) is 2. The van der Waals surface area contributed by atoms with Gasteiger partial charge in [-0.05, 0) is 37.3 Å². The van der Waals surface area contributed by atoms with Gasteiger partial charge in [0.15, 0.2) is 11.6 Å². The number of ether oxygens (including phenoxy) is 1. The summed E-state index contributed by atoms with van der Waals surface area (Å²) in [6.07, 6.45) is -2.24. The number of pyridine rings is 1. The number of carbonyl (C=O) groups excluding carboxylic acids is 2. The third kappa shape index (κ3) is 5.94. The highest BCUT2D eigenvalue weighted by Crippen LogP contribution is 2.27. The highest BCUT2D eigenvalue weighted by atomic mass is 35.5. The molecule has 0 aliphatic carbocycles. The molecule has 0 fully saturated rings. The zero-order valence-corrected chi connectivity index (χ0v) is 17.4. The molecule has 2 amide bonds. The van der Waals surface area contributed by atoms with Crippen LogP contribution in [0.3, 0.4) is 0 Å². The first-order valence-corrected chi connectivity index (χ1v) is 9.41. The van der Waals surface area contributed by atoms with Crippen LogP contribution in [-0.2, 0) is 4.79 Å². The topological polar surface area (TPSA) is 111 Å². The van der Waals surface area contributed by atoms with Gasteiger partial charge in [-0.1, -0.05) is 11.6 Å². The third-order valence-electron chi connectivity index (χ3n) is 3.96. The minimum absolute atomic E-state index is 0.101. The van der Waals surface area contributed by atoms with Crippen LogP contribution in [0.25, 0.3) is 5.82 Å². The minimum Gasteiger partial charge on any atom is -0.406 e. The predicted octanol–water partition coefficient (Wildman–Crippen LogP) is 3.66. The van der Waals surface area contributed by atoms with E-state index in [1.54, 1.807) is 19.1 Å². The Balaban J connectivity index is 1.77. The van der Waals surface area contributed by atoms with Crippen LogP contribution < -0.4 is 15.4 Å². The zero-order chi connectivity index (χ0) is 23.5. The molecule has 0 unspecified atom stereocenters. The number of carbonyl (C=O) groups is 2. The second-order valence-electron chi connectivity index (χ2n) is 6.53. The Morgan fingerprint density at radius 1 is 1.19 bits per heavy atom. The summed E-state index contributed by atoms with van der Waals surface area (Å²) in [5.74, 6) is -0.879. The number of rotatable bonds is 6. The molecule has 0 radical (unpaired) electrons. The van der Waals surface area contributed by atoms with E-state index < -0.39 is 24.1 Å². The number of amides is 2. The fourth-order valence-corrected chi connectivity index (χ4v) is 2.97. The number of hydrogen-bond acceptors (Lipinski definition) is 6. The number of hydrogen-bond donors (Lipinski definition) is 2. The first-order chi connectivity index (χ1) is 15.0. The van der Waals surface area contributed by atoms with Gasteiger partial charge in [0.05, 0.1) is 17.9 Å². The van der Waals surface area contributed by atoms with Crippen molar-refractivity contribution in [2.45, 2.75) is 26.3 Å². The van der Waals surface area contributed by atoms with Gasteiger partial charge in [-0.2, -0.15) is 9.78 Å². The highest BCUT2D eigenvalue weighted by Gasteiger charge is 2.31. The second kappa shape index (κ2) is 9.22. The van der Waals surface area contributed by atoms with Crippen molar-refractivity contribution in [3.8, 4) is 11.6 Å². The van der Waals surface area contributed by atoms with Crippen LogP contribution in [0.4, 0.5) is 18.9 Å². The van der Waals surface area contributed by atoms with Crippen molar-refractivity contribution in [3.05, 3.63) is 59.3 Å². The van der Waals surface area contributed by atoms with Crippen LogP contribution in [-0.4, -0.2) is 37.9 Å². The Bertz CT molecular complexity index is 1130. The first kappa shape index (κ1) is 23.0. The van der Waals surface area contributed by atoms with Crippen LogP contribution in [0.2, 0.25) is 5.02 Å². The van der Waals surface area contributed by atoms with E-state index in [-0.39, 0.29) is 16.5 Å². The molecular formula is C19H16ClF3N6O3. The summed E-state index contributed by atoms with van der Waals surface area (Å²) in [6, 6.07) is 5.59. The number of halogens is 4. The Labute approximate surface area is 184 Å². The van der Waals surface area contributed by atoms with Gasteiger partial charge in [-0.25, -0.2) is 9.97 Å². The monoisotopic (exact) mass is 468 g/mol. The van der Waals surface area contributed by atoms with E-state index in [0.29, 0.717) is 17.3 Å². The summed E-state index contributed by atoms with van der Waals surface area (Å²) in [6.45, 7) is 2.98. The predicted molar refractivity (Wildman–Crippen MR) is 107 cm³/mol. The SMILES string of the molecule is CC(=O)Nc1ccc(-n2ncnc2[C@H](C)NC(=O)c2cc(Cl)cc(OC(F)(F)F)c2)nc1. The number of nitrogens with zero attached hydrogens (tertiary/aromatic N) is 4. The molecular weight excluding hydrogens is 453 g/mol. The highest BCUT2D eigenvalue weighted by molar-refractivity contribution is 6.31. The number of alkyl halides is 3. The van der Waals surface area contributed by atoms with E-state index in [9.17, 15) is 22.8 Å². The van der Waals surface area contributed by atoms with E-state index in [1.807, 2.05) is 0 Å². The van der Waals surface area contributed by atoms with Crippen molar-refractivity contribution in [1.29, 1.82) is 0 Å². The molecule has 9 nitrogen and oxygen atoms in total. The number of anilines is 1. The minimum atomic E-state index is -4.93. The van der Waals surface area contributed by atoms with Crippen LogP contribution in [0.5, 0.6) is 5.75 Å². The maximum Gasteiger partial charge on any atom is 0.573 e. The maximum absolute atomic E-state index is 12.6. The van der Waals surface area contributed by atoms with Crippen LogP contribution in [0, 0.1) is 0 Å². The Morgan fingerprint density at radius 2 is 1.94 bits per heavy atom. The molecule has 3 aromatic rings. The number of benzene rings is 1. The van der Waals surface area contributed by atoms with Gasteiger partial charge in [0.1, 0.15) is 12.1 Å². The summed E-state index contributed by atoms with van der Waals surface area (Å²) in [5, 5.41) is 9.19. The Morgan fingerprint density at radius 3 is 2.56 bits per heavy atom. The van der Waals surface area contributed by atoms with E-state index in [1.165, 1.54) is 30.2 Å². The fraction of sp³-hybridized carbons (Fsp3) is 0.211. The van der Waals surface area contributed by atoms with Gasteiger partial charge in [0.2, 0.25) is 5.91 Å². The lowest BCUT2D eigenvalue weighted by Gasteiger charge is -2.15. The molecule has 3 rings (SSSR count). The van der Waals surface area contributed by atoms with Gasteiger partial charge in [-0.15, -0.1) is 13.2 Å². The molecule has 1 atom stereocenters. The molecule has 1 aromatic carbocycles. The molecule has 0 spiro atoms. The molecule has 2 N–H and O–H groups in total. The van der Waals surface area contributed by atoms with Gasteiger partial charge in [-0.3, -0.25) is 9.59 Å². The normalized spacial score (nSPS) is 12.2. The number of aromatic nitrogens is 4. The zero-order valence-electron chi connectivity index (χ0n) is 16.6. The van der Waals surface area contributed by atoms with Crippen LogP contribution >= 0.6 is 11.6 Å². The molecule has 13 heteroatoms. The largest absolute Gasteiger partial charge is 0.573 e. The summed E-state index contributed by atoms with van der Waals surface area (Å²) in [4.78, 5) is 32.0. The quantitative estimate of drug-likeness (QED) is 0.571. The average molecular weight is 469 g/mol. The molecule has 2 aromatic heterocycles. The van der Waals surface area contributed by atoms with Gasteiger partial charge >= 0.3 is 6.36 Å². The van der Waals surface area contributed by atoms with Crippen molar-refractivity contribution in [1.82, 2.24) is 25.1 Å². The molecule has 168 valence electrons. The van der Waals surface area contributed by atoms with Crippen molar-refractivity contribution in [2.24, 2.45) is 0 Å². The standard InChI is InChI=1S/C19H16ClF3N6O3/c1-10(27-18(31)12-5-13(20)7-15(6-12)32-19(21,22)23)17-25-9-26-29(17)16-4-3-14(8-24-16)28-11(2)30/h3-10H,1-2H3,(H,27,31)(H,28,30)/t10-/m0/s1. The molecule has 0 aliphatic rings. The maximum atomic E-state index is 12.6. The lowest BCUT2D eigenvalue weighted by Crippen LogP contribution is -2.29. The molecule has 32 heavy (non-hydrogen) atoms. The van der Waals surface area contributed by atoms with Gasteiger partial charge in [0, 0.05) is 17.5 Å². The van der Waals surface area contributed by atoms with Crippen LogP contribution in [0.15, 0.2) is 42.9 Å². The first-order valence-electron chi connectivity index (χ1n) is 9.03. The Kier molecular flexibility index (Phi) is 6.63. The van der Waals surface area contributed by atoms with Crippen molar-refractivity contribution in [3.63, 3.8) is 0 Å². The summed E-state index contributed by atoms with van der Waals surface area (Å²) < 4.78 is 42.7. The van der Waals surface area contributed by atoms with Crippen molar-refractivity contribution >= 4 is 29.1 Å². The van der Waals surface area contributed by atoms with Crippen LogP contribution in [0.1, 0.15) is 36.1 Å². The Hall–Kier alpha value is -3.67. The molecule has 0 saturated heterocycles. The van der Waals surface area contributed by atoms with E-state index in [4.69, 9.17) is 11.6 Å². The van der Waals surface area contributed by atoms with E-state index in [2.05, 4.69) is 30.4 Å². The molecule has 0 aliphatic heterocycles. The lowest BCUT2D eigenvalue weighted by atomic mass is 10.2. The van der Waals surface area contributed by atoms with E-state index >= 15 is 0 Å². The lowest BCUT2D eigenvalue weighted by molar-refractivity contribution is -0.274.